The van der Waals surface area contributed by atoms with Crippen LogP contribution in [0.5, 0.6) is 0 Å². The minimum Gasteiger partial charge on any atom is -0.347 e. The Bertz CT molecular complexity index is 919. The van der Waals surface area contributed by atoms with Crippen LogP contribution in [0.2, 0.25) is 0 Å². The first kappa shape index (κ1) is 25.7. The number of piperidine rings is 1. The number of carbonyl (C=O) groups excluding carboxylic acids is 4. The average molecular weight is 501 g/mol. The van der Waals surface area contributed by atoms with Crippen LogP contribution < -0.4 is 16.4 Å². The molecule has 0 radical (unpaired) electrons. The lowest BCUT2D eigenvalue weighted by atomic mass is 9.70. The standard InChI is InChI=1S/C28H44N4O4/c1-27(2)18-15-32(26(36)23(29)28(3)13-5-4-6-14-28)21(20(18)27)24(34)31-19(12-9-16-7-8-16)22(33)25(35)30-17-10-11-17/h16-21,23H,4-15,29H2,1-3H3,(H,30,35)(H,31,34)/t18-,19?,20-,21-,23+/m0/s1. The van der Waals surface area contributed by atoms with Gasteiger partial charge >= 0.3 is 0 Å². The van der Waals surface area contributed by atoms with Gasteiger partial charge in [0.05, 0.1) is 12.1 Å². The molecule has 0 spiro atoms. The molecule has 1 aliphatic heterocycles. The number of nitrogens with zero attached hydrogens (tertiary/aromatic N) is 1. The lowest BCUT2D eigenvalue weighted by molar-refractivity contribution is -0.145. The van der Waals surface area contributed by atoms with Gasteiger partial charge in [-0.1, -0.05) is 52.9 Å². The highest BCUT2D eigenvalue weighted by atomic mass is 16.2. The van der Waals surface area contributed by atoms with Crippen molar-refractivity contribution in [2.75, 3.05) is 6.54 Å². The SMILES string of the molecule is CC1([C@H](N)C(=O)N2C[C@H]3[C@@H]([C@H]2C(=O)NC(CCC2CC2)C(=O)C(=O)NC2CC2)C3(C)C)CCCCC1. The lowest BCUT2D eigenvalue weighted by Crippen LogP contribution is -2.60. The number of amides is 3. The van der Waals surface area contributed by atoms with Crippen molar-refractivity contribution in [1.82, 2.24) is 15.5 Å². The molecule has 3 amide bonds. The van der Waals surface area contributed by atoms with E-state index in [1.807, 2.05) is 0 Å². The molecule has 5 atom stereocenters. The van der Waals surface area contributed by atoms with Crippen LogP contribution >= 0.6 is 0 Å². The third-order valence-corrected chi connectivity index (χ3v) is 10.1. The number of nitrogens with two attached hydrogens (primary N) is 1. The van der Waals surface area contributed by atoms with Gasteiger partial charge in [0.1, 0.15) is 6.04 Å². The molecule has 4 N–H and O–H groups in total. The average Bonchev–Trinajstić information content (AvgIpc) is 3.80. The van der Waals surface area contributed by atoms with Crippen LogP contribution in [-0.2, 0) is 19.2 Å². The monoisotopic (exact) mass is 500 g/mol. The van der Waals surface area contributed by atoms with E-state index in [0.717, 1.165) is 57.8 Å². The number of hydrogen-bond acceptors (Lipinski definition) is 5. The molecule has 5 rings (SSSR count). The predicted octanol–water partition coefficient (Wildman–Crippen LogP) is 2.29. The highest BCUT2D eigenvalue weighted by Crippen LogP contribution is 2.65. The van der Waals surface area contributed by atoms with E-state index in [1.165, 1.54) is 6.42 Å². The summed E-state index contributed by atoms with van der Waals surface area (Å²) in [5, 5.41) is 5.71. The molecular formula is C28H44N4O4. The van der Waals surface area contributed by atoms with Gasteiger partial charge in [-0.15, -0.1) is 0 Å². The molecule has 8 nitrogen and oxygen atoms in total. The van der Waals surface area contributed by atoms with E-state index in [0.29, 0.717) is 18.9 Å². The number of fused-ring (bicyclic) bond motifs is 1. The Labute approximate surface area is 214 Å². The second-order valence-electron chi connectivity index (χ2n) is 13.3. The predicted molar refractivity (Wildman–Crippen MR) is 135 cm³/mol. The highest BCUT2D eigenvalue weighted by Gasteiger charge is 2.69. The highest BCUT2D eigenvalue weighted by molar-refractivity contribution is 6.38. The molecule has 5 fully saturated rings. The van der Waals surface area contributed by atoms with E-state index < -0.39 is 29.8 Å². The Morgan fingerprint density at radius 2 is 1.67 bits per heavy atom. The summed E-state index contributed by atoms with van der Waals surface area (Å²) in [5.74, 6) is -0.742. The van der Waals surface area contributed by atoms with E-state index in [4.69, 9.17) is 5.73 Å². The number of carbonyl (C=O) groups is 4. The first-order valence-corrected chi connectivity index (χ1v) is 14.2. The summed E-state index contributed by atoms with van der Waals surface area (Å²) in [5.41, 5.74) is 6.31. The summed E-state index contributed by atoms with van der Waals surface area (Å²) >= 11 is 0. The van der Waals surface area contributed by atoms with E-state index in [2.05, 4.69) is 31.4 Å². The first-order chi connectivity index (χ1) is 17.0. The van der Waals surface area contributed by atoms with E-state index in [-0.39, 0.29) is 40.5 Å². The molecular weight excluding hydrogens is 456 g/mol. The molecule has 0 aromatic heterocycles. The molecule has 1 unspecified atom stereocenters. The lowest BCUT2D eigenvalue weighted by Gasteiger charge is -2.41. The van der Waals surface area contributed by atoms with Crippen molar-refractivity contribution in [1.29, 1.82) is 0 Å². The molecule has 1 saturated heterocycles. The van der Waals surface area contributed by atoms with Gasteiger partial charge < -0.3 is 21.3 Å². The van der Waals surface area contributed by atoms with Gasteiger partial charge in [0.15, 0.2) is 0 Å². The molecule has 200 valence electrons. The summed E-state index contributed by atoms with van der Waals surface area (Å²) < 4.78 is 0. The fourth-order valence-corrected chi connectivity index (χ4v) is 6.94. The molecule has 4 saturated carbocycles. The molecule has 8 heteroatoms. The van der Waals surface area contributed by atoms with Crippen LogP contribution in [0.25, 0.3) is 0 Å². The Hall–Kier alpha value is -1.96. The van der Waals surface area contributed by atoms with E-state index in [9.17, 15) is 19.2 Å². The van der Waals surface area contributed by atoms with E-state index >= 15 is 0 Å². The van der Waals surface area contributed by atoms with Crippen molar-refractivity contribution in [3.8, 4) is 0 Å². The number of nitrogens with one attached hydrogen (secondary N) is 2. The fourth-order valence-electron chi connectivity index (χ4n) is 6.94. The van der Waals surface area contributed by atoms with Crippen LogP contribution in [0.3, 0.4) is 0 Å². The van der Waals surface area contributed by atoms with Crippen molar-refractivity contribution in [2.24, 2.45) is 34.3 Å². The molecule has 36 heavy (non-hydrogen) atoms. The quantitative estimate of drug-likeness (QED) is 0.397. The Morgan fingerprint density at radius 1 is 1.00 bits per heavy atom. The van der Waals surface area contributed by atoms with Gasteiger partial charge in [0, 0.05) is 12.6 Å². The maximum Gasteiger partial charge on any atom is 0.289 e. The van der Waals surface area contributed by atoms with Crippen LogP contribution in [0.15, 0.2) is 0 Å². The van der Waals surface area contributed by atoms with Crippen LogP contribution in [0.4, 0.5) is 0 Å². The van der Waals surface area contributed by atoms with Gasteiger partial charge in [-0.05, 0) is 67.1 Å². The third kappa shape index (κ3) is 4.94. The second kappa shape index (κ2) is 9.41. The minimum atomic E-state index is -0.848. The van der Waals surface area contributed by atoms with Crippen molar-refractivity contribution in [2.45, 2.75) is 116 Å². The smallest absolute Gasteiger partial charge is 0.289 e. The molecule has 1 heterocycles. The van der Waals surface area contributed by atoms with Gasteiger partial charge in [0.25, 0.3) is 5.91 Å². The van der Waals surface area contributed by atoms with Crippen molar-refractivity contribution in [3.05, 3.63) is 0 Å². The normalized spacial score (nSPS) is 31.7. The van der Waals surface area contributed by atoms with Crippen molar-refractivity contribution >= 4 is 23.5 Å². The van der Waals surface area contributed by atoms with Crippen LogP contribution in [-0.4, -0.2) is 59.1 Å². The Balaban J connectivity index is 1.31. The zero-order valence-electron chi connectivity index (χ0n) is 22.2. The number of Topliss-reactive ketones (excluding diaryl/α,β-unsaturated/α-hetero) is 1. The molecule has 0 bridgehead atoms. The molecule has 5 aliphatic rings. The molecule has 0 aromatic carbocycles. The second-order valence-corrected chi connectivity index (χ2v) is 13.3. The fraction of sp³-hybridized carbons (Fsp3) is 0.857. The van der Waals surface area contributed by atoms with Gasteiger partial charge in [-0.3, -0.25) is 19.2 Å². The number of ketones is 1. The number of likely N-dealkylation sites (tertiary alicyclic amines) is 1. The van der Waals surface area contributed by atoms with Crippen LogP contribution in [0.1, 0.15) is 91.4 Å². The summed E-state index contributed by atoms with van der Waals surface area (Å²) in [6.07, 6.45) is 10.5. The largest absolute Gasteiger partial charge is 0.347 e. The third-order valence-electron chi connectivity index (χ3n) is 10.1. The zero-order valence-corrected chi connectivity index (χ0v) is 22.2. The summed E-state index contributed by atoms with van der Waals surface area (Å²) in [6, 6.07) is -2.04. The van der Waals surface area contributed by atoms with Gasteiger partial charge in [-0.2, -0.15) is 0 Å². The maximum absolute atomic E-state index is 13.8. The Morgan fingerprint density at radius 3 is 2.28 bits per heavy atom. The van der Waals surface area contributed by atoms with Crippen molar-refractivity contribution < 1.29 is 19.2 Å². The molecule has 0 aromatic rings. The summed E-state index contributed by atoms with van der Waals surface area (Å²) in [6.45, 7) is 6.92. The van der Waals surface area contributed by atoms with E-state index in [1.54, 1.807) is 4.90 Å². The van der Waals surface area contributed by atoms with Crippen molar-refractivity contribution in [3.63, 3.8) is 0 Å². The molecule has 4 aliphatic carbocycles. The maximum atomic E-state index is 13.8. The van der Waals surface area contributed by atoms with Crippen LogP contribution in [0, 0.1) is 28.6 Å². The first-order valence-electron chi connectivity index (χ1n) is 14.2. The topological polar surface area (TPSA) is 122 Å². The number of hydrogen-bond donors (Lipinski definition) is 3. The minimum absolute atomic E-state index is 0.0332. The van der Waals surface area contributed by atoms with Gasteiger partial charge in [-0.25, -0.2) is 0 Å². The Kier molecular flexibility index (Phi) is 6.71. The van der Waals surface area contributed by atoms with Gasteiger partial charge in [0.2, 0.25) is 17.6 Å². The zero-order chi connectivity index (χ0) is 25.8. The summed E-state index contributed by atoms with van der Waals surface area (Å²) in [4.78, 5) is 54.8. The summed E-state index contributed by atoms with van der Waals surface area (Å²) in [7, 11) is 0. The number of rotatable bonds is 10.